The van der Waals surface area contributed by atoms with Crippen molar-refractivity contribution in [1.29, 1.82) is 0 Å². The van der Waals surface area contributed by atoms with Gasteiger partial charge in [0, 0.05) is 12.0 Å². The number of aliphatic carboxylic acids is 1. The summed E-state index contributed by atoms with van der Waals surface area (Å²) >= 11 is 6.25. The van der Waals surface area contributed by atoms with Gasteiger partial charge < -0.3 is 20.3 Å². The minimum absolute atomic E-state index is 0.199. The molecular formula is C16H22ClNO4. The maximum atomic E-state index is 11.3. The maximum absolute atomic E-state index is 11.3. The zero-order valence-electron chi connectivity index (χ0n) is 12.8. The lowest BCUT2D eigenvalue weighted by atomic mass is 9.81. The van der Waals surface area contributed by atoms with E-state index in [9.17, 15) is 9.90 Å². The summed E-state index contributed by atoms with van der Waals surface area (Å²) in [7, 11) is 0. The van der Waals surface area contributed by atoms with Crippen LogP contribution in [0.15, 0.2) is 22.3 Å². The van der Waals surface area contributed by atoms with Crippen molar-refractivity contribution >= 4 is 17.6 Å². The van der Waals surface area contributed by atoms with Gasteiger partial charge >= 0.3 is 5.97 Å². The number of halogens is 1. The first-order chi connectivity index (χ1) is 10.3. The van der Waals surface area contributed by atoms with Gasteiger partial charge in [-0.25, -0.2) is 4.79 Å². The topological polar surface area (TPSA) is 81.8 Å². The second kappa shape index (κ2) is 5.64. The molecule has 0 aromatic carbocycles. The fourth-order valence-electron chi connectivity index (χ4n) is 3.73. The number of carboxylic acid groups (broad SMARTS) is 1. The lowest BCUT2D eigenvalue weighted by molar-refractivity contribution is -0.199. The molecule has 122 valence electrons. The molecule has 0 aromatic heterocycles. The Morgan fingerprint density at radius 1 is 1.32 bits per heavy atom. The fourth-order valence-corrected chi connectivity index (χ4v) is 3.99. The Morgan fingerprint density at radius 3 is 2.50 bits per heavy atom. The fraction of sp³-hybridized carbons (Fsp3) is 0.688. The molecule has 3 rings (SSSR count). The SMILES string of the molecule is CC1=C(C(=O)O)C=C(Cl)C2O[C@](C)([C@H]3CC[C@@H](N)CC3)OC12. The summed E-state index contributed by atoms with van der Waals surface area (Å²) in [6.45, 7) is 3.71. The van der Waals surface area contributed by atoms with Crippen LogP contribution in [0, 0.1) is 5.92 Å². The highest BCUT2D eigenvalue weighted by molar-refractivity contribution is 6.31. The van der Waals surface area contributed by atoms with Gasteiger partial charge in [0.05, 0.1) is 10.6 Å². The molecule has 3 atom stereocenters. The molecule has 0 amide bonds. The number of carboxylic acids is 1. The Kier molecular flexibility index (Phi) is 4.10. The van der Waals surface area contributed by atoms with Crippen LogP contribution in [0.2, 0.25) is 0 Å². The van der Waals surface area contributed by atoms with Gasteiger partial charge in [0.25, 0.3) is 0 Å². The average Bonchev–Trinajstić information content (AvgIpc) is 2.83. The molecule has 3 N–H and O–H groups in total. The number of ether oxygens (including phenoxy) is 2. The van der Waals surface area contributed by atoms with Crippen LogP contribution in [0.1, 0.15) is 39.5 Å². The molecule has 0 radical (unpaired) electrons. The van der Waals surface area contributed by atoms with Gasteiger partial charge in [-0.15, -0.1) is 0 Å². The van der Waals surface area contributed by atoms with Gasteiger partial charge in [0.1, 0.15) is 12.2 Å². The summed E-state index contributed by atoms with van der Waals surface area (Å²) in [5, 5.41) is 9.68. The standard InChI is InChI=1S/C16H22ClNO4/c1-8-11(15(19)20)7-12(17)14-13(8)21-16(2,22-14)9-3-5-10(18)6-4-9/h7,9-10,13-14H,3-6,18H2,1-2H3,(H,19,20)/t9-,10+,13?,14?,16-/m1/s1. The van der Waals surface area contributed by atoms with Crippen LogP contribution in [0.5, 0.6) is 0 Å². The normalized spacial score (nSPS) is 42.1. The molecule has 0 spiro atoms. The third kappa shape index (κ3) is 2.60. The van der Waals surface area contributed by atoms with Crippen molar-refractivity contribution in [2.75, 3.05) is 0 Å². The summed E-state index contributed by atoms with van der Waals surface area (Å²) in [5.74, 6) is -1.48. The second-order valence-electron chi connectivity index (χ2n) is 6.64. The number of nitrogens with two attached hydrogens (primary N) is 1. The number of hydrogen-bond acceptors (Lipinski definition) is 4. The third-order valence-corrected chi connectivity index (χ3v) is 5.47. The monoisotopic (exact) mass is 327 g/mol. The molecule has 2 aliphatic carbocycles. The predicted octanol–water partition coefficient (Wildman–Crippen LogP) is 2.54. The van der Waals surface area contributed by atoms with E-state index in [0.29, 0.717) is 10.6 Å². The number of rotatable bonds is 2. The van der Waals surface area contributed by atoms with E-state index in [1.54, 1.807) is 6.92 Å². The molecule has 1 saturated carbocycles. The second-order valence-corrected chi connectivity index (χ2v) is 7.07. The molecule has 0 aromatic rings. The first-order valence-corrected chi connectivity index (χ1v) is 8.12. The largest absolute Gasteiger partial charge is 0.478 e. The quantitative estimate of drug-likeness (QED) is 0.814. The summed E-state index contributed by atoms with van der Waals surface area (Å²) in [6.07, 6.45) is 4.46. The first kappa shape index (κ1) is 16.0. The van der Waals surface area contributed by atoms with Crippen molar-refractivity contribution in [3.05, 3.63) is 22.3 Å². The van der Waals surface area contributed by atoms with Crippen molar-refractivity contribution in [3.8, 4) is 0 Å². The van der Waals surface area contributed by atoms with E-state index < -0.39 is 24.0 Å². The van der Waals surface area contributed by atoms with Gasteiger partial charge in [-0.2, -0.15) is 0 Å². The maximum Gasteiger partial charge on any atom is 0.335 e. The summed E-state index contributed by atoms with van der Waals surface area (Å²) in [4.78, 5) is 11.3. The van der Waals surface area contributed by atoms with Gasteiger partial charge in [0.2, 0.25) is 0 Å². The Balaban J connectivity index is 1.84. The molecule has 1 heterocycles. The van der Waals surface area contributed by atoms with Crippen LogP contribution < -0.4 is 5.73 Å². The highest BCUT2D eigenvalue weighted by Gasteiger charge is 2.52. The minimum atomic E-state index is -0.991. The average molecular weight is 328 g/mol. The van der Waals surface area contributed by atoms with E-state index in [1.165, 1.54) is 6.08 Å². The molecule has 22 heavy (non-hydrogen) atoms. The van der Waals surface area contributed by atoms with E-state index in [2.05, 4.69) is 0 Å². The molecule has 5 nitrogen and oxygen atoms in total. The summed E-state index contributed by atoms with van der Waals surface area (Å²) in [5.41, 5.74) is 6.83. The molecule has 2 fully saturated rings. The Labute approximate surface area is 135 Å². The van der Waals surface area contributed by atoms with Gasteiger partial charge in [-0.05, 0) is 51.2 Å². The lowest BCUT2D eigenvalue weighted by Crippen LogP contribution is -2.41. The van der Waals surface area contributed by atoms with Gasteiger partial charge in [-0.1, -0.05) is 11.6 Å². The van der Waals surface area contributed by atoms with E-state index in [0.717, 1.165) is 25.7 Å². The highest BCUT2D eigenvalue weighted by atomic mass is 35.5. The van der Waals surface area contributed by atoms with E-state index in [1.807, 2.05) is 6.92 Å². The van der Waals surface area contributed by atoms with Gasteiger partial charge in [-0.3, -0.25) is 0 Å². The number of fused-ring (bicyclic) bond motifs is 1. The Hall–Kier alpha value is -0.880. The smallest absolute Gasteiger partial charge is 0.335 e. The minimum Gasteiger partial charge on any atom is -0.478 e. The Morgan fingerprint density at radius 2 is 1.91 bits per heavy atom. The zero-order valence-corrected chi connectivity index (χ0v) is 13.6. The van der Waals surface area contributed by atoms with E-state index >= 15 is 0 Å². The molecule has 3 aliphatic rings. The van der Waals surface area contributed by atoms with Crippen LogP contribution in [0.3, 0.4) is 0 Å². The van der Waals surface area contributed by atoms with Crippen molar-refractivity contribution in [1.82, 2.24) is 0 Å². The molecule has 2 unspecified atom stereocenters. The number of hydrogen-bond donors (Lipinski definition) is 2. The van der Waals surface area contributed by atoms with Crippen LogP contribution in [-0.4, -0.2) is 35.1 Å². The Bertz CT molecular complexity index is 550. The van der Waals surface area contributed by atoms with Crippen molar-refractivity contribution in [2.24, 2.45) is 11.7 Å². The number of carbonyl (C=O) groups is 1. The first-order valence-electron chi connectivity index (χ1n) is 7.74. The molecule has 6 heteroatoms. The van der Waals surface area contributed by atoms with Gasteiger partial charge in [0.15, 0.2) is 5.79 Å². The van der Waals surface area contributed by atoms with Crippen molar-refractivity contribution < 1.29 is 19.4 Å². The van der Waals surface area contributed by atoms with Crippen LogP contribution in [-0.2, 0) is 14.3 Å². The van der Waals surface area contributed by atoms with Crippen LogP contribution >= 0.6 is 11.6 Å². The van der Waals surface area contributed by atoms with Crippen LogP contribution in [0.25, 0.3) is 0 Å². The van der Waals surface area contributed by atoms with Crippen molar-refractivity contribution in [2.45, 2.75) is 63.6 Å². The molecule has 1 saturated heterocycles. The predicted molar refractivity (Wildman–Crippen MR) is 82.4 cm³/mol. The lowest BCUT2D eigenvalue weighted by Gasteiger charge is -2.37. The van der Waals surface area contributed by atoms with E-state index in [4.69, 9.17) is 26.8 Å². The molecular weight excluding hydrogens is 306 g/mol. The zero-order chi connectivity index (χ0) is 16.1. The van der Waals surface area contributed by atoms with Crippen LogP contribution in [0.4, 0.5) is 0 Å². The highest BCUT2D eigenvalue weighted by Crippen LogP contribution is 2.47. The van der Waals surface area contributed by atoms with Crippen molar-refractivity contribution in [3.63, 3.8) is 0 Å². The molecule has 0 bridgehead atoms. The molecule has 1 aliphatic heterocycles. The third-order valence-electron chi connectivity index (χ3n) is 5.15. The summed E-state index contributed by atoms with van der Waals surface area (Å²) in [6, 6.07) is 0.257. The summed E-state index contributed by atoms with van der Waals surface area (Å²) < 4.78 is 12.3. The van der Waals surface area contributed by atoms with E-state index in [-0.39, 0.29) is 17.5 Å².